The molecule has 5 rings (SSSR count). The molecule has 0 unspecified atom stereocenters. The monoisotopic (exact) mass is 424 g/mol. The summed E-state index contributed by atoms with van der Waals surface area (Å²) < 4.78 is 4.44. The normalized spacial score (nSPS) is 13.9. The minimum atomic E-state index is 0.0677. The van der Waals surface area contributed by atoms with Gasteiger partial charge in [-0.25, -0.2) is 0 Å². The topological polar surface area (TPSA) is 86.8 Å². The molecular formula is C20H17ClN6OS. The fourth-order valence-corrected chi connectivity index (χ4v) is 4.34. The molecule has 7 nitrogen and oxygen atoms in total. The second-order valence-electron chi connectivity index (χ2n) is 6.89. The van der Waals surface area contributed by atoms with Gasteiger partial charge in [0.25, 0.3) is 5.91 Å². The number of fused-ring (bicyclic) bond motifs is 1. The van der Waals surface area contributed by atoms with Crippen LogP contribution in [0.25, 0.3) is 22.3 Å². The lowest BCUT2D eigenvalue weighted by molar-refractivity contribution is 0.0793. The van der Waals surface area contributed by atoms with E-state index in [-0.39, 0.29) is 5.91 Å². The van der Waals surface area contributed by atoms with Crippen LogP contribution in [0, 0.1) is 0 Å². The number of carbonyl (C=O) groups is 1. The third kappa shape index (κ3) is 3.45. The number of halogens is 1. The van der Waals surface area contributed by atoms with Gasteiger partial charge in [0.05, 0.1) is 22.4 Å². The summed E-state index contributed by atoms with van der Waals surface area (Å²) in [6.07, 6.45) is 3.83. The largest absolute Gasteiger partial charge is 0.339 e. The summed E-state index contributed by atoms with van der Waals surface area (Å²) in [7, 11) is 0. The quantitative estimate of drug-likeness (QED) is 0.495. The molecule has 1 amide bonds. The molecule has 2 N–H and O–H groups in total. The highest BCUT2D eigenvalue weighted by Gasteiger charge is 2.20. The molecule has 0 aliphatic carbocycles. The third-order valence-corrected chi connectivity index (χ3v) is 6.02. The zero-order valence-electron chi connectivity index (χ0n) is 15.4. The Morgan fingerprint density at radius 2 is 2.07 bits per heavy atom. The van der Waals surface area contributed by atoms with Crippen LogP contribution in [0.4, 0.5) is 10.8 Å². The van der Waals surface area contributed by atoms with Crippen LogP contribution in [0.2, 0.25) is 5.02 Å². The van der Waals surface area contributed by atoms with Crippen LogP contribution in [-0.4, -0.2) is 43.5 Å². The van der Waals surface area contributed by atoms with Crippen molar-refractivity contribution in [2.24, 2.45) is 0 Å². The summed E-state index contributed by atoms with van der Waals surface area (Å²) in [6, 6.07) is 11.3. The molecule has 1 aliphatic rings. The van der Waals surface area contributed by atoms with Crippen LogP contribution in [0.1, 0.15) is 23.2 Å². The van der Waals surface area contributed by atoms with Gasteiger partial charge in [0.15, 0.2) is 5.82 Å². The van der Waals surface area contributed by atoms with Crippen molar-refractivity contribution in [3.8, 4) is 11.4 Å². The van der Waals surface area contributed by atoms with Crippen LogP contribution >= 0.6 is 23.1 Å². The molecule has 0 bridgehead atoms. The highest BCUT2D eigenvalue weighted by atomic mass is 35.5. The first kappa shape index (κ1) is 18.1. The van der Waals surface area contributed by atoms with E-state index in [1.165, 1.54) is 11.5 Å². The van der Waals surface area contributed by atoms with Gasteiger partial charge in [-0.1, -0.05) is 23.7 Å². The lowest BCUT2D eigenvalue weighted by Crippen LogP contribution is -2.27. The van der Waals surface area contributed by atoms with Crippen LogP contribution in [0.3, 0.4) is 0 Å². The summed E-state index contributed by atoms with van der Waals surface area (Å²) in [5, 5.41) is 12.2. The first-order valence-corrected chi connectivity index (χ1v) is 10.5. The van der Waals surface area contributed by atoms with Crippen LogP contribution < -0.4 is 5.32 Å². The Labute approximate surface area is 175 Å². The number of aromatic nitrogens is 4. The molecule has 0 spiro atoms. The fraction of sp³-hybridized carbons (Fsp3) is 0.200. The van der Waals surface area contributed by atoms with Crippen LogP contribution in [0.15, 0.2) is 42.6 Å². The van der Waals surface area contributed by atoms with Crippen molar-refractivity contribution in [1.29, 1.82) is 0 Å². The Hall–Kier alpha value is -2.97. The lowest BCUT2D eigenvalue weighted by atomic mass is 10.1. The molecule has 0 saturated carbocycles. The van der Waals surface area contributed by atoms with E-state index in [9.17, 15) is 4.79 Å². The molecule has 3 heterocycles. The number of hydrogen-bond donors (Lipinski definition) is 2. The van der Waals surface area contributed by atoms with Gasteiger partial charge in [0.2, 0.25) is 5.13 Å². The third-order valence-electron chi connectivity index (χ3n) is 4.99. The number of aromatic amines is 1. The van der Waals surface area contributed by atoms with E-state index in [2.05, 4.69) is 24.9 Å². The lowest BCUT2D eigenvalue weighted by Gasteiger charge is -2.15. The second kappa shape index (κ2) is 7.46. The van der Waals surface area contributed by atoms with Crippen LogP contribution in [-0.2, 0) is 0 Å². The van der Waals surface area contributed by atoms with Crippen molar-refractivity contribution < 1.29 is 4.79 Å². The summed E-state index contributed by atoms with van der Waals surface area (Å²) in [4.78, 5) is 19.1. The number of rotatable bonds is 4. The molecule has 1 aliphatic heterocycles. The molecule has 9 heteroatoms. The average Bonchev–Trinajstić information content (AvgIpc) is 3.51. The predicted octanol–water partition coefficient (Wildman–Crippen LogP) is 4.71. The van der Waals surface area contributed by atoms with E-state index in [4.69, 9.17) is 11.6 Å². The molecule has 1 fully saturated rings. The molecule has 29 heavy (non-hydrogen) atoms. The van der Waals surface area contributed by atoms with E-state index in [0.717, 1.165) is 48.1 Å². The molecule has 4 aromatic rings. The summed E-state index contributed by atoms with van der Waals surface area (Å²) >= 11 is 7.71. The molecule has 0 radical (unpaired) electrons. The number of likely N-dealkylation sites (tertiary alicyclic amines) is 1. The van der Waals surface area contributed by atoms with Gasteiger partial charge in [0, 0.05) is 41.1 Å². The predicted molar refractivity (Wildman–Crippen MR) is 115 cm³/mol. The maximum Gasteiger partial charge on any atom is 0.253 e. The summed E-state index contributed by atoms with van der Waals surface area (Å²) in [5.41, 5.74) is 3.09. The Morgan fingerprint density at radius 1 is 1.21 bits per heavy atom. The average molecular weight is 425 g/mol. The van der Waals surface area contributed by atoms with Crippen molar-refractivity contribution in [1.82, 2.24) is 24.5 Å². The van der Waals surface area contributed by atoms with Gasteiger partial charge >= 0.3 is 0 Å². The van der Waals surface area contributed by atoms with E-state index in [1.807, 2.05) is 41.3 Å². The number of H-pyrrole nitrogens is 1. The van der Waals surface area contributed by atoms with E-state index < -0.39 is 0 Å². The number of nitrogens with zero attached hydrogens (tertiary/aromatic N) is 4. The molecule has 0 atom stereocenters. The van der Waals surface area contributed by atoms with Gasteiger partial charge in [0.1, 0.15) is 0 Å². The smallest absolute Gasteiger partial charge is 0.253 e. The van der Waals surface area contributed by atoms with E-state index in [1.54, 1.807) is 6.20 Å². The molecule has 2 aromatic heterocycles. The van der Waals surface area contributed by atoms with E-state index in [0.29, 0.717) is 21.5 Å². The van der Waals surface area contributed by atoms with Crippen molar-refractivity contribution in [3.05, 3.63) is 53.2 Å². The van der Waals surface area contributed by atoms with Gasteiger partial charge in [-0.2, -0.15) is 14.5 Å². The standard InChI is InChI=1S/C20H17ClN6OS/c21-17-14-11-22-25-15(14)6-7-16(17)23-20-24-18(26-29-20)12-4-3-5-13(10-12)19(28)27-8-1-2-9-27/h3-7,10-11H,1-2,8-9H2,(H,22,25)(H,23,24,26). The first-order valence-electron chi connectivity index (χ1n) is 9.31. The molecule has 1 saturated heterocycles. The number of anilines is 2. The van der Waals surface area contributed by atoms with Gasteiger partial charge in [-0.05, 0) is 37.1 Å². The van der Waals surface area contributed by atoms with Crippen molar-refractivity contribution in [2.75, 3.05) is 18.4 Å². The van der Waals surface area contributed by atoms with Crippen molar-refractivity contribution in [3.63, 3.8) is 0 Å². The highest BCUT2D eigenvalue weighted by Crippen LogP contribution is 2.33. The minimum Gasteiger partial charge on any atom is -0.339 e. The van der Waals surface area contributed by atoms with Gasteiger partial charge in [-0.3, -0.25) is 9.89 Å². The highest BCUT2D eigenvalue weighted by molar-refractivity contribution is 7.10. The molecule has 2 aromatic carbocycles. The fourth-order valence-electron chi connectivity index (χ4n) is 3.48. The number of nitrogens with one attached hydrogen (secondary N) is 2. The van der Waals surface area contributed by atoms with Gasteiger partial charge in [-0.15, -0.1) is 0 Å². The maximum absolute atomic E-state index is 12.7. The number of benzene rings is 2. The van der Waals surface area contributed by atoms with Crippen molar-refractivity contribution >= 4 is 50.8 Å². The number of amides is 1. The van der Waals surface area contributed by atoms with Crippen molar-refractivity contribution in [2.45, 2.75) is 12.8 Å². The Morgan fingerprint density at radius 3 is 2.93 bits per heavy atom. The SMILES string of the molecule is O=C(c1cccc(-c2nsc(Nc3ccc4[nH]ncc4c3Cl)n2)c1)N1CCCC1. The van der Waals surface area contributed by atoms with E-state index >= 15 is 0 Å². The number of hydrogen-bond acceptors (Lipinski definition) is 6. The second-order valence-corrected chi connectivity index (χ2v) is 8.02. The zero-order valence-corrected chi connectivity index (χ0v) is 16.9. The Kier molecular flexibility index (Phi) is 4.65. The summed E-state index contributed by atoms with van der Waals surface area (Å²) in [5.74, 6) is 0.646. The maximum atomic E-state index is 12.7. The minimum absolute atomic E-state index is 0.0677. The number of carbonyl (C=O) groups excluding carboxylic acids is 1. The van der Waals surface area contributed by atoms with Crippen LogP contribution in [0.5, 0.6) is 0 Å². The molecule has 146 valence electrons. The molecular weight excluding hydrogens is 408 g/mol. The first-order chi connectivity index (χ1) is 14.2. The summed E-state index contributed by atoms with van der Waals surface area (Å²) in [6.45, 7) is 1.65. The van der Waals surface area contributed by atoms with Gasteiger partial charge < -0.3 is 10.2 Å². The zero-order chi connectivity index (χ0) is 19.8. The Bertz CT molecular complexity index is 1200. The Balaban J connectivity index is 1.39.